The van der Waals surface area contributed by atoms with Crippen LogP contribution >= 0.6 is 0 Å². The molecule has 24 heavy (non-hydrogen) atoms. The molecule has 0 bridgehead atoms. The SMILES string of the molecule is Cc1cc(C)c(N2CCN(c3c(C)cc(C)cc3C)[C]2=[Pd])c(C)c1. The van der Waals surface area contributed by atoms with E-state index in [1.807, 2.05) is 0 Å². The second kappa shape index (κ2) is 6.47. The van der Waals surface area contributed by atoms with Crippen molar-refractivity contribution in [3.8, 4) is 0 Å². The van der Waals surface area contributed by atoms with Gasteiger partial charge >= 0.3 is 156 Å². The first-order chi connectivity index (χ1) is 11.3. The molecule has 1 heterocycles. The predicted molar refractivity (Wildman–Crippen MR) is 101 cm³/mol. The van der Waals surface area contributed by atoms with Crippen LogP contribution in [0.15, 0.2) is 24.3 Å². The van der Waals surface area contributed by atoms with E-state index in [-0.39, 0.29) is 0 Å². The predicted octanol–water partition coefficient (Wildman–Crippen LogP) is 4.50. The monoisotopic (exact) mass is 412 g/mol. The molecule has 0 radical (unpaired) electrons. The summed E-state index contributed by atoms with van der Waals surface area (Å²) in [6.45, 7) is 15.2. The zero-order chi connectivity index (χ0) is 17.6. The molecule has 0 atom stereocenters. The average Bonchev–Trinajstić information content (AvgIpc) is 2.79. The van der Waals surface area contributed by atoms with Crippen molar-refractivity contribution in [2.75, 3.05) is 22.9 Å². The van der Waals surface area contributed by atoms with Crippen molar-refractivity contribution < 1.29 is 18.7 Å². The Morgan fingerprint density at radius 1 is 0.625 bits per heavy atom. The van der Waals surface area contributed by atoms with Crippen LogP contribution in [0.4, 0.5) is 11.4 Å². The molecule has 1 saturated heterocycles. The Morgan fingerprint density at radius 3 is 1.21 bits per heavy atom. The third-order valence-corrected chi connectivity index (χ3v) is 5.61. The molecule has 1 aliphatic heterocycles. The van der Waals surface area contributed by atoms with E-state index in [0.29, 0.717) is 0 Å². The van der Waals surface area contributed by atoms with Gasteiger partial charge in [0.25, 0.3) is 0 Å². The maximum absolute atomic E-state index is 3.56. The summed E-state index contributed by atoms with van der Waals surface area (Å²) >= 11 is 3.56. The van der Waals surface area contributed by atoms with E-state index in [1.165, 1.54) is 49.0 Å². The van der Waals surface area contributed by atoms with Gasteiger partial charge in [-0.2, -0.15) is 0 Å². The molecule has 0 unspecified atom stereocenters. The molecular formula is C21H26N2Pd. The van der Waals surface area contributed by atoms with E-state index < -0.39 is 0 Å². The van der Waals surface area contributed by atoms with Gasteiger partial charge in [-0.25, -0.2) is 0 Å². The molecule has 1 fully saturated rings. The van der Waals surface area contributed by atoms with Crippen molar-refractivity contribution in [3.05, 3.63) is 57.6 Å². The van der Waals surface area contributed by atoms with Crippen LogP contribution in [0.1, 0.15) is 33.4 Å². The number of rotatable bonds is 2. The van der Waals surface area contributed by atoms with Crippen LogP contribution in [-0.2, 0) is 18.7 Å². The Bertz CT molecular complexity index is 709. The van der Waals surface area contributed by atoms with Gasteiger partial charge in [0.1, 0.15) is 0 Å². The number of hydrogen-bond acceptors (Lipinski definition) is 2. The molecule has 3 rings (SSSR count). The summed E-state index contributed by atoms with van der Waals surface area (Å²) in [4.78, 5) is 4.84. The third-order valence-electron chi connectivity index (χ3n) is 4.77. The number of hydrogen-bond donors (Lipinski definition) is 0. The molecule has 0 aliphatic carbocycles. The summed E-state index contributed by atoms with van der Waals surface area (Å²) < 4.78 is 1.18. The van der Waals surface area contributed by atoms with E-state index >= 15 is 0 Å². The van der Waals surface area contributed by atoms with Gasteiger partial charge in [-0.3, -0.25) is 0 Å². The summed E-state index contributed by atoms with van der Waals surface area (Å²) in [6.07, 6.45) is 0. The van der Waals surface area contributed by atoms with E-state index in [0.717, 1.165) is 13.1 Å². The summed E-state index contributed by atoms with van der Waals surface area (Å²) in [7, 11) is 0. The molecule has 0 N–H and O–H groups in total. The van der Waals surface area contributed by atoms with Crippen LogP contribution in [0.3, 0.4) is 0 Å². The van der Waals surface area contributed by atoms with Crippen LogP contribution in [0.25, 0.3) is 0 Å². The first-order valence-electron chi connectivity index (χ1n) is 8.49. The van der Waals surface area contributed by atoms with Crippen LogP contribution in [-0.4, -0.2) is 17.3 Å². The summed E-state index contributed by atoms with van der Waals surface area (Å²) in [5.74, 6) is 0. The van der Waals surface area contributed by atoms with E-state index in [2.05, 4.69) is 94.4 Å². The third kappa shape index (κ3) is 2.96. The standard InChI is InChI=1S/C21H26N2.Pd/c1-14-9-16(3)20(17(4)10-14)22-7-8-23(13-22)21-18(5)11-15(2)12-19(21)6;/h9-12H,7-8H2,1-6H3;. The second-order valence-corrected chi connectivity index (χ2v) is 7.73. The minimum absolute atomic E-state index is 1.01. The van der Waals surface area contributed by atoms with Crippen molar-refractivity contribution in [2.45, 2.75) is 41.5 Å². The molecule has 0 saturated carbocycles. The number of benzene rings is 2. The molecule has 2 aromatic rings. The molecule has 1 aliphatic rings. The van der Waals surface area contributed by atoms with Crippen molar-refractivity contribution in [3.63, 3.8) is 0 Å². The van der Waals surface area contributed by atoms with Crippen LogP contribution < -0.4 is 9.80 Å². The van der Waals surface area contributed by atoms with Crippen molar-refractivity contribution >= 4 is 15.6 Å². The fraction of sp³-hybridized carbons (Fsp3) is 0.381. The summed E-state index contributed by atoms with van der Waals surface area (Å²) in [5, 5.41) is 0. The summed E-state index contributed by atoms with van der Waals surface area (Å²) in [5.41, 5.74) is 10.7. The molecule has 0 amide bonds. The molecule has 3 heteroatoms. The van der Waals surface area contributed by atoms with E-state index in [4.69, 9.17) is 0 Å². The molecular weight excluding hydrogens is 387 g/mol. The topological polar surface area (TPSA) is 6.48 Å². The van der Waals surface area contributed by atoms with Gasteiger partial charge in [0.2, 0.25) is 0 Å². The number of anilines is 2. The van der Waals surface area contributed by atoms with Gasteiger partial charge in [0.05, 0.1) is 0 Å². The Balaban J connectivity index is 2.00. The Labute approximate surface area is 156 Å². The van der Waals surface area contributed by atoms with Gasteiger partial charge in [-0.1, -0.05) is 0 Å². The van der Waals surface area contributed by atoms with E-state index in [1.54, 1.807) is 0 Å². The zero-order valence-electron chi connectivity index (χ0n) is 15.4. The minimum atomic E-state index is 1.01. The molecule has 0 spiro atoms. The van der Waals surface area contributed by atoms with Crippen LogP contribution in [0.5, 0.6) is 0 Å². The van der Waals surface area contributed by atoms with Crippen molar-refractivity contribution in [1.82, 2.24) is 0 Å². The number of aryl methyl sites for hydroxylation is 6. The van der Waals surface area contributed by atoms with Crippen molar-refractivity contribution in [2.24, 2.45) is 0 Å². The van der Waals surface area contributed by atoms with Crippen molar-refractivity contribution in [1.29, 1.82) is 0 Å². The molecule has 130 valence electrons. The van der Waals surface area contributed by atoms with Crippen LogP contribution in [0.2, 0.25) is 0 Å². The average molecular weight is 413 g/mol. The van der Waals surface area contributed by atoms with Gasteiger partial charge < -0.3 is 0 Å². The first kappa shape index (κ1) is 17.4. The van der Waals surface area contributed by atoms with Gasteiger partial charge in [-0.15, -0.1) is 0 Å². The Morgan fingerprint density at radius 2 is 0.917 bits per heavy atom. The zero-order valence-corrected chi connectivity index (χ0v) is 17.0. The summed E-state index contributed by atoms with van der Waals surface area (Å²) in [6, 6.07) is 9.10. The molecule has 2 aromatic carbocycles. The number of nitrogens with zero attached hydrogens (tertiary/aromatic N) is 2. The Hall–Kier alpha value is -1.43. The Kier molecular flexibility index (Phi) is 4.69. The second-order valence-electron chi connectivity index (χ2n) is 7.04. The maximum atomic E-state index is 3.56. The van der Waals surface area contributed by atoms with Gasteiger partial charge in [-0.05, 0) is 0 Å². The quantitative estimate of drug-likeness (QED) is 0.670. The van der Waals surface area contributed by atoms with E-state index in [9.17, 15) is 0 Å². The normalized spacial score (nSPS) is 14.8. The van der Waals surface area contributed by atoms with Gasteiger partial charge in [0, 0.05) is 0 Å². The van der Waals surface area contributed by atoms with Gasteiger partial charge in [0.15, 0.2) is 0 Å². The fourth-order valence-electron chi connectivity index (χ4n) is 4.11. The van der Waals surface area contributed by atoms with Crippen LogP contribution in [0, 0.1) is 41.5 Å². The molecule has 0 aromatic heterocycles. The first-order valence-corrected chi connectivity index (χ1v) is 9.27. The molecule has 2 nitrogen and oxygen atoms in total. The fourth-order valence-corrected chi connectivity index (χ4v) is 4.80.